The van der Waals surface area contributed by atoms with Crippen LogP contribution in [0.4, 0.5) is 0 Å². The Morgan fingerprint density at radius 3 is 2.74 bits per heavy atom. The van der Waals surface area contributed by atoms with Crippen LogP contribution in [0.1, 0.15) is 5.69 Å². The van der Waals surface area contributed by atoms with Crippen LogP contribution >= 0.6 is 0 Å². The molecule has 0 fully saturated rings. The van der Waals surface area contributed by atoms with Crippen molar-refractivity contribution in [2.45, 2.75) is 11.5 Å². The number of benzene rings is 1. The Hall–Kier alpha value is -3.77. The van der Waals surface area contributed by atoms with E-state index < -0.39 is 10.0 Å². The molecule has 31 heavy (non-hydrogen) atoms. The first-order chi connectivity index (χ1) is 14.8. The summed E-state index contributed by atoms with van der Waals surface area (Å²) in [6.45, 7) is 0.179. The van der Waals surface area contributed by atoms with E-state index in [0.717, 1.165) is 0 Å². The number of aromatic nitrogens is 5. The van der Waals surface area contributed by atoms with Gasteiger partial charge in [0.1, 0.15) is 12.4 Å². The fraction of sp³-hybridized carbons (Fsp3) is 0.158. The minimum Gasteiger partial charge on any atom is -0.486 e. The first-order valence-electron chi connectivity index (χ1n) is 8.96. The van der Waals surface area contributed by atoms with Gasteiger partial charge in [0.15, 0.2) is 0 Å². The lowest BCUT2D eigenvalue weighted by atomic mass is 10.2. The lowest BCUT2D eigenvalue weighted by molar-refractivity contribution is 0.292. The molecule has 0 saturated heterocycles. The minimum absolute atomic E-state index is 0.0417. The molecule has 0 unspecified atom stereocenters. The number of nitrogens with two attached hydrogens (primary N) is 1. The molecule has 0 atom stereocenters. The summed E-state index contributed by atoms with van der Waals surface area (Å²) in [6.07, 6.45) is 3.14. The molecular weight excluding hydrogens is 424 g/mol. The second kappa shape index (κ2) is 8.16. The summed E-state index contributed by atoms with van der Waals surface area (Å²) in [6, 6.07) is 9.42. The molecule has 4 aromatic rings. The molecule has 0 amide bonds. The Bertz CT molecular complexity index is 1310. The third-order valence-corrected chi connectivity index (χ3v) is 5.34. The van der Waals surface area contributed by atoms with Gasteiger partial charge in [0.2, 0.25) is 21.7 Å². The van der Waals surface area contributed by atoms with Crippen LogP contribution in [0.15, 0.2) is 58.2 Å². The van der Waals surface area contributed by atoms with E-state index in [0.29, 0.717) is 28.5 Å². The molecule has 3 heterocycles. The van der Waals surface area contributed by atoms with Crippen LogP contribution in [0, 0.1) is 0 Å². The van der Waals surface area contributed by atoms with E-state index in [1.807, 2.05) is 0 Å². The number of hydrogen-bond donors (Lipinski definition) is 1. The second-order valence-corrected chi connectivity index (χ2v) is 8.01. The number of methoxy groups -OCH3 is 1. The molecule has 0 bridgehead atoms. The molecule has 0 aliphatic heterocycles. The highest BCUT2D eigenvalue weighted by Crippen LogP contribution is 2.27. The fourth-order valence-corrected chi connectivity index (χ4v) is 3.36. The number of pyridine rings is 1. The summed E-state index contributed by atoms with van der Waals surface area (Å²) < 4.78 is 41.0. The molecule has 3 aromatic heterocycles. The Labute approximate surface area is 177 Å². The maximum atomic E-state index is 11.6. The van der Waals surface area contributed by atoms with Gasteiger partial charge in [-0.2, -0.15) is 10.1 Å². The molecule has 0 radical (unpaired) electrons. The maximum Gasteiger partial charge on any atom is 0.261 e. The van der Waals surface area contributed by atoms with Gasteiger partial charge in [-0.1, -0.05) is 17.3 Å². The van der Waals surface area contributed by atoms with Crippen LogP contribution in [-0.2, 0) is 23.7 Å². The molecular formula is C19H18N6O5S. The van der Waals surface area contributed by atoms with Crippen molar-refractivity contribution in [1.29, 1.82) is 0 Å². The highest BCUT2D eigenvalue weighted by atomic mass is 32.2. The van der Waals surface area contributed by atoms with Crippen molar-refractivity contribution >= 4 is 10.0 Å². The fourth-order valence-electron chi connectivity index (χ4n) is 2.80. The quantitative estimate of drug-likeness (QED) is 0.452. The third kappa shape index (κ3) is 4.39. The monoisotopic (exact) mass is 442 g/mol. The average Bonchev–Trinajstić information content (AvgIpc) is 3.39. The summed E-state index contributed by atoms with van der Waals surface area (Å²) >= 11 is 0. The van der Waals surface area contributed by atoms with E-state index in [4.69, 9.17) is 19.1 Å². The molecule has 2 N–H and O–H groups in total. The molecule has 4 rings (SSSR count). The summed E-state index contributed by atoms with van der Waals surface area (Å²) in [5, 5.41) is 13.4. The van der Waals surface area contributed by atoms with Crippen LogP contribution in [-0.4, -0.2) is 40.4 Å². The Morgan fingerprint density at radius 1 is 1.19 bits per heavy atom. The Morgan fingerprint density at radius 2 is 2.03 bits per heavy atom. The van der Waals surface area contributed by atoms with E-state index in [-0.39, 0.29) is 23.2 Å². The van der Waals surface area contributed by atoms with Crippen LogP contribution in [0.3, 0.4) is 0 Å². The van der Waals surface area contributed by atoms with Crippen molar-refractivity contribution in [2.24, 2.45) is 12.2 Å². The molecule has 1 aromatic carbocycles. The van der Waals surface area contributed by atoms with Crippen molar-refractivity contribution in [3.63, 3.8) is 0 Å². The van der Waals surface area contributed by atoms with Crippen molar-refractivity contribution in [3.05, 3.63) is 54.5 Å². The minimum atomic E-state index is -3.85. The SMILES string of the molecule is COc1ccc(OCc2c(-c3nc(-c4cccc(S(N)(=O)=O)c4)no3)cnn2C)cn1. The van der Waals surface area contributed by atoms with Crippen molar-refractivity contribution in [3.8, 4) is 34.5 Å². The number of primary sulfonamides is 1. The highest BCUT2D eigenvalue weighted by molar-refractivity contribution is 7.89. The number of aryl methyl sites for hydroxylation is 1. The summed E-state index contributed by atoms with van der Waals surface area (Å²) in [5.41, 5.74) is 1.74. The van der Waals surface area contributed by atoms with Gasteiger partial charge in [-0.3, -0.25) is 4.68 Å². The van der Waals surface area contributed by atoms with Crippen LogP contribution < -0.4 is 14.6 Å². The first-order valence-corrected chi connectivity index (χ1v) is 10.5. The lowest BCUT2D eigenvalue weighted by Gasteiger charge is -2.08. The van der Waals surface area contributed by atoms with Gasteiger partial charge in [0.05, 0.1) is 35.7 Å². The highest BCUT2D eigenvalue weighted by Gasteiger charge is 2.19. The average molecular weight is 442 g/mol. The van der Waals surface area contributed by atoms with E-state index in [2.05, 4.69) is 20.2 Å². The van der Waals surface area contributed by atoms with Crippen molar-refractivity contribution < 1.29 is 22.4 Å². The summed E-state index contributed by atoms with van der Waals surface area (Å²) in [4.78, 5) is 8.43. The Balaban J connectivity index is 1.58. The normalized spacial score (nSPS) is 11.5. The van der Waals surface area contributed by atoms with Gasteiger partial charge in [-0.05, 0) is 18.2 Å². The van der Waals surface area contributed by atoms with Crippen molar-refractivity contribution in [2.75, 3.05) is 7.11 Å². The van der Waals surface area contributed by atoms with Crippen molar-refractivity contribution in [1.82, 2.24) is 24.9 Å². The molecule has 0 spiro atoms. The predicted octanol–water partition coefficient (Wildman–Crippen LogP) is 1.77. The zero-order valence-corrected chi connectivity index (χ0v) is 17.4. The molecule has 160 valence electrons. The van der Waals surface area contributed by atoms with E-state index >= 15 is 0 Å². The van der Waals surface area contributed by atoms with Crippen LogP contribution in [0.5, 0.6) is 11.6 Å². The number of sulfonamides is 1. The molecule has 0 aliphatic carbocycles. The number of rotatable bonds is 7. The number of nitrogens with zero attached hydrogens (tertiary/aromatic N) is 5. The van der Waals surface area contributed by atoms with Gasteiger partial charge >= 0.3 is 0 Å². The van der Waals surface area contributed by atoms with Crippen LogP contribution in [0.25, 0.3) is 22.8 Å². The van der Waals surface area contributed by atoms with Gasteiger partial charge in [-0.25, -0.2) is 18.5 Å². The first kappa shape index (κ1) is 20.5. The maximum absolute atomic E-state index is 11.6. The van der Waals surface area contributed by atoms with E-state index in [1.165, 1.54) is 19.2 Å². The largest absolute Gasteiger partial charge is 0.486 e. The zero-order chi connectivity index (χ0) is 22.0. The molecule has 11 nitrogen and oxygen atoms in total. The third-order valence-electron chi connectivity index (χ3n) is 4.43. The van der Waals surface area contributed by atoms with Crippen LogP contribution in [0.2, 0.25) is 0 Å². The van der Waals surface area contributed by atoms with Gasteiger partial charge in [0, 0.05) is 18.7 Å². The number of ether oxygens (including phenoxy) is 2. The molecule has 0 saturated carbocycles. The summed E-state index contributed by atoms with van der Waals surface area (Å²) in [5.74, 6) is 1.48. The smallest absolute Gasteiger partial charge is 0.261 e. The topological polar surface area (TPSA) is 148 Å². The van der Waals surface area contributed by atoms with E-state index in [1.54, 1.807) is 48.4 Å². The summed E-state index contributed by atoms with van der Waals surface area (Å²) in [7, 11) is -0.548. The second-order valence-electron chi connectivity index (χ2n) is 6.45. The standard InChI is InChI=1S/C19H18N6O5S/c1-25-16(11-29-13-6-7-17(28-2)21-9-13)15(10-22-25)19-23-18(24-30-19)12-4-3-5-14(8-12)31(20,26)27/h3-10H,11H2,1-2H3,(H2,20,26,27). The number of hydrogen-bond acceptors (Lipinski definition) is 9. The van der Waals surface area contributed by atoms with Gasteiger partial charge in [0.25, 0.3) is 5.89 Å². The van der Waals surface area contributed by atoms with Gasteiger partial charge in [-0.15, -0.1) is 0 Å². The molecule has 12 heteroatoms. The van der Waals surface area contributed by atoms with Gasteiger partial charge < -0.3 is 14.0 Å². The zero-order valence-electron chi connectivity index (χ0n) is 16.6. The predicted molar refractivity (Wildman–Crippen MR) is 108 cm³/mol. The molecule has 0 aliphatic rings. The lowest BCUT2D eigenvalue weighted by Crippen LogP contribution is -2.11. The van der Waals surface area contributed by atoms with E-state index in [9.17, 15) is 8.42 Å². The Kier molecular flexibility index (Phi) is 5.40.